The molecule has 3 heteroatoms. The van der Waals surface area contributed by atoms with E-state index in [1.807, 2.05) is 50.2 Å². The molecule has 0 radical (unpaired) electrons. The summed E-state index contributed by atoms with van der Waals surface area (Å²) in [4.78, 5) is 0. The summed E-state index contributed by atoms with van der Waals surface area (Å²) in [5.41, 5.74) is 8.86. The van der Waals surface area contributed by atoms with Crippen LogP contribution in [0.5, 0.6) is 11.5 Å². The molecule has 2 N–H and O–H groups in total. The maximum atomic E-state index is 6.17. The Balaban J connectivity index is 2.39. The molecular formula is C15H16ClNO. The monoisotopic (exact) mass is 261 g/mol. The van der Waals surface area contributed by atoms with Gasteiger partial charge in [0, 0.05) is 12.1 Å². The molecule has 0 aliphatic rings. The summed E-state index contributed by atoms with van der Waals surface area (Å²) in [6.07, 6.45) is 0. The van der Waals surface area contributed by atoms with Crippen molar-refractivity contribution in [2.45, 2.75) is 20.4 Å². The number of hydrogen-bond acceptors (Lipinski definition) is 2. The summed E-state index contributed by atoms with van der Waals surface area (Å²) in [5.74, 6) is 1.46. The summed E-state index contributed by atoms with van der Waals surface area (Å²) in [7, 11) is 0. The Morgan fingerprint density at radius 3 is 2.61 bits per heavy atom. The zero-order chi connectivity index (χ0) is 13.1. The smallest absolute Gasteiger partial charge is 0.146 e. The van der Waals surface area contributed by atoms with Crippen LogP contribution in [0.15, 0.2) is 36.4 Å². The molecule has 0 fully saturated rings. The van der Waals surface area contributed by atoms with Crippen LogP contribution in [0.2, 0.25) is 5.02 Å². The van der Waals surface area contributed by atoms with E-state index in [9.17, 15) is 0 Å². The van der Waals surface area contributed by atoms with E-state index in [1.54, 1.807) is 0 Å². The Morgan fingerprint density at radius 1 is 1.17 bits per heavy atom. The van der Waals surface area contributed by atoms with Crippen LogP contribution in [0, 0.1) is 13.8 Å². The van der Waals surface area contributed by atoms with Crippen LogP contribution in [0.25, 0.3) is 0 Å². The highest BCUT2D eigenvalue weighted by Crippen LogP contribution is 2.33. The van der Waals surface area contributed by atoms with Gasteiger partial charge in [0.15, 0.2) is 0 Å². The predicted molar refractivity (Wildman–Crippen MR) is 75.3 cm³/mol. The van der Waals surface area contributed by atoms with Crippen LogP contribution in [-0.4, -0.2) is 0 Å². The molecule has 0 atom stereocenters. The van der Waals surface area contributed by atoms with Crippen molar-refractivity contribution < 1.29 is 4.74 Å². The molecule has 2 aromatic rings. The molecule has 2 aromatic carbocycles. The van der Waals surface area contributed by atoms with Gasteiger partial charge in [-0.2, -0.15) is 0 Å². The van der Waals surface area contributed by atoms with Gasteiger partial charge in [-0.05, 0) is 37.1 Å². The number of rotatable bonds is 3. The van der Waals surface area contributed by atoms with E-state index in [0.717, 1.165) is 22.4 Å². The first-order valence-corrected chi connectivity index (χ1v) is 6.22. The number of nitrogens with two attached hydrogens (primary N) is 1. The quantitative estimate of drug-likeness (QED) is 0.898. The van der Waals surface area contributed by atoms with Crippen molar-refractivity contribution in [2.24, 2.45) is 5.73 Å². The highest BCUT2D eigenvalue weighted by Gasteiger charge is 2.09. The lowest BCUT2D eigenvalue weighted by molar-refractivity contribution is 0.472. The second-order valence-corrected chi connectivity index (χ2v) is 4.71. The van der Waals surface area contributed by atoms with Crippen molar-refractivity contribution in [1.82, 2.24) is 0 Å². The summed E-state index contributed by atoms with van der Waals surface area (Å²) < 4.78 is 5.90. The fraction of sp³-hybridized carbons (Fsp3) is 0.200. The van der Waals surface area contributed by atoms with Crippen molar-refractivity contribution in [3.63, 3.8) is 0 Å². The lowest BCUT2D eigenvalue weighted by atomic mass is 10.1. The molecule has 0 aliphatic heterocycles. The molecule has 0 saturated carbocycles. The van der Waals surface area contributed by atoms with E-state index in [1.165, 1.54) is 0 Å². The largest absolute Gasteiger partial charge is 0.455 e. The summed E-state index contributed by atoms with van der Waals surface area (Å²) in [6.45, 7) is 4.44. The van der Waals surface area contributed by atoms with Gasteiger partial charge in [-0.15, -0.1) is 0 Å². The SMILES string of the molecule is Cc1ccc(Oc2c(C)cccc2CN)c(Cl)c1. The molecule has 2 nitrogen and oxygen atoms in total. The molecule has 0 aromatic heterocycles. The van der Waals surface area contributed by atoms with Crippen LogP contribution in [0.4, 0.5) is 0 Å². The van der Waals surface area contributed by atoms with Crippen molar-refractivity contribution in [2.75, 3.05) is 0 Å². The Hall–Kier alpha value is -1.51. The zero-order valence-electron chi connectivity index (χ0n) is 10.5. The first-order chi connectivity index (χ1) is 8.61. The van der Waals surface area contributed by atoms with E-state index in [2.05, 4.69) is 0 Å². The number of hydrogen-bond donors (Lipinski definition) is 1. The molecule has 18 heavy (non-hydrogen) atoms. The molecule has 0 unspecified atom stereocenters. The van der Waals surface area contributed by atoms with Crippen molar-refractivity contribution in [1.29, 1.82) is 0 Å². The highest BCUT2D eigenvalue weighted by molar-refractivity contribution is 6.32. The highest BCUT2D eigenvalue weighted by atomic mass is 35.5. The maximum Gasteiger partial charge on any atom is 0.146 e. The molecule has 2 rings (SSSR count). The number of halogens is 1. The van der Waals surface area contributed by atoms with Crippen molar-refractivity contribution in [3.8, 4) is 11.5 Å². The number of aryl methyl sites for hydroxylation is 2. The maximum absolute atomic E-state index is 6.17. The van der Waals surface area contributed by atoms with Gasteiger partial charge in [0.05, 0.1) is 5.02 Å². The molecule has 94 valence electrons. The van der Waals surface area contributed by atoms with Crippen LogP contribution in [0.1, 0.15) is 16.7 Å². The zero-order valence-corrected chi connectivity index (χ0v) is 11.3. The van der Waals surface area contributed by atoms with Gasteiger partial charge < -0.3 is 10.5 Å². The van der Waals surface area contributed by atoms with E-state index in [-0.39, 0.29) is 0 Å². The summed E-state index contributed by atoms with van der Waals surface area (Å²) in [6, 6.07) is 11.7. The Kier molecular flexibility index (Phi) is 3.90. The standard InChI is InChI=1S/C15H16ClNO/c1-10-6-7-14(13(16)8-10)18-15-11(2)4-3-5-12(15)9-17/h3-8H,9,17H2,1-2H3. The molecule has 0 aliphatic carbocycles. The molecule has 0 bridgehead atoms. The van der Waals surface area contributed by atoms with Gasteiger partial charge in [0.1, 0.15) is 11.5 Å². The average molecular weight is 262 g/mol. The second kappa shape index (κ2) is 5.42. The molecular weight excluding hydrogens is 246 g/mol. The normalized spacial score (nSPS) is 10.4. The van der Waals surface area contributed by atoms with Gasteiger partial charge in [-0.3, -0.25) is 0 Å². The minimum atomic E-state index is 0.445. The van der Waals surface area contributed by atoms with Gasteiger partial charge in [0.2, 0.25) is 0 Å². The second-order valence-electron chi connectivity index (χ2n) is 4.30. The predicted octanol–water partition coefficient (Wildman–Crippen LogP) is 4.21. The number of benzene rings is 2. The van der Waals surface area contributed by atoms with Crippen LogP contribution >= 0.6 is 11.6 Å². The Labute approximate surface area is 112 Å². The minimum absolute atomic E-state index is 0.445. The van der Waals surface area contributed by atoms with Crippen LogP contribution in [-0.2, 0) is 6.54 Å². The van der Waals surface area contributed by atoms with E-state index in [0.29, 0.717) is 17.3 Å². The minimum Gasteiger partial charge on any atom is -0.455 e. The topological polar surface area (TPSA) is 35.2 Å². The van der Waals surface area contributed by atoms with E-state index < -0.39 is 0 Å². The lowest BCUT2D eigenvalue weighted by Gasteiger charge is -2.14. The molecule has 0 saturated heterocycles. The van der Waals surface area contributed by atoms with Gasteiger partial charge in [-0.1, -0.05) is 35.9 Å². The van der Waals surface area contributed by atoms with Crippen LogP contribution < -0.4 is 10.5 Å². The Morgan fingerprint density at radius 2 is 1.94 bits per heavy atom. The lowest BCUT2D eigenvalue weighted by Crippen LogP contribution is -2.01. The van der Waals surface area contributed by atoms with Gasteiger partial charge in [-0.25, -0.2) is 0 Å². The first-order valence-electron chi connectivity index (χ1n) is 5.84. The average Bonchev–Trinajstić information content (AvgIpc) is 2.34. The third-order valence-electron chi connectivity index (χ3n) is 2.81. The number of ether oxygens (including phenoxy) is 1. The van der Waals surface area contributed by atoms with Crippen molar-refractivity contribution >= 4 is 11.6 Å². The summed E-state index contributed by atoms with van der Waals surface area (Å²) in [5, 5.41) is 0.612. The van der Waals surface area contributed by atoms with Gasteiger partial charge >= 0.3 is 0 Å². The third-order valence-corrected chi connectivity index (χ3v) is 3.11. The third kappa shape index (κ3) is 2.66. The fourth-order valence-electron chi connectivity index (χ4n) is 1.82. The molecule has 0 heterocycles. The molecule has 0 amide bonds. The van der Waals surface area contributed by atoms with Crippen LogP contribution in [0.3, 0.4) is 0 Å². The van der Waals surface area contributed by atoms with E-state index >= 15 is 0 Å². The fourth-order valence-corrected chi connectivity index (χ4v) is 2.09. The van der Waals surface area contributed by atoms with Crippen molar-refractivity contribution in [3.05, 3.63) is 58.1 Å². The first kappa shape index (κ1) is 12.9. The number of para-hydroxylation sites is 1. The molecule has 0 spiro atoms. The van der Waals surface area contributed by atoms with E-state index in [4.69, 9.17) is 22.1 Å². The van der Waals surface area contributed by atoms with Gasteiger partial charge in [0.25, 0.3) is 0 Å². The Bertz CT molecular complexity index is 566. The summed E-state index contributed by atoms with van der Waals surface area (Å²) >= 11 is 6.17.